The predicted octanol–water partition coefficient (Wildman–Crippen LogP) is 3.62. The Balaban J connectivity index is 2.04. The maximum atomic E-state index is 11.1. The fraction of sp³-hybridized carbons (Fsp3) is 0. The highest BCUT2D eigenvalue weighted by atomic mass is 79.9. The van der Waals surface area contributed by atoms with Crippen LogP contribution in [0.3, 0.4) is 0 Å². The minimum absolute atomic E-state index is 0.473. The second-order valence-corrected chi connectivity index (χ2v) is 5.99. The van der Waals surface area contributed by atoms with E-state index in [-0.39, 0.29) is 0 Å². The van der Waals surface area contributed by atoms with Crippen LogP contribution in [-0.4, -0.2) is 4.98 Å². The quantitative estimate of drug-likeness (QED) is 0.701. The van der Waals surface area contributed by atoms with Gasteiger partial charge in [0.15, 0.2) is 5.58 Å². The van der Waals surface area contributed by atoms with E-state index in [4.69, 9.17) is 10.2 Å². The highest BCUT2D eigenvalue weighted by molar-refractivity contribution is 9.10. The van der Waals surface area contributed by atoms with Gasteiger partial charge in [0, 0.05) is 26.0 Å². The Labute approximate surface area is 121 Å². The lowest BCUT2D eigenvalue weighted by Gasteiger charge is -2.05. The SMILES string of the molecule is Nc1cc2oc(=O)[nH]c2cc1Sc1cccc(Br)c1. The van der Waals surface area contributed by atoms with Crippen molar-refractivity contribution in [3.8, 4) is 0 Å². The van der Waals surface area contributed by atoms with Gasteiger partial charge < -0.3 is 10.2 Å². The van der Waals surface area contributed by atoms with Crippen LogP contribution in [-0.2, 0) is 0 Å². The largest absolute Gasteiger partial charge is 0.417 e. The van der Waals surface area contributed by atoms with E-state index in [9.17, 15) is 4.79 Å². The van der Waals surface area contributed by atoms with E-state index in [0.29, 0.717) is 16.8 Å². The van der Waals surface area contributed by atoms with Gasteiger partial charge >= 0.3 is 5.76 Å². The number of nitrogens with two attached hydrogens (primary N) is 1. The van der Waals surface area contributed by atoms with Gasteiger partial charge in [-0.25, -0.2) is 4.79 Å². The van der Waals surface area contributed by atoms with Crippen molar-refractivity contribution in [2.24, 2.45) is 0 Å². The number of hydrogen-bond acceptors (Lipinski definition) is 4. The molecule has 3 N–H and O–H groups in total. The second kappa shape index (κ2) is 4.79. The Morgan fingerprint density at radius 2 is 2.11 bits per heavy atom. The molecular weight excluding hydrogens is 328 g/mol. The predicted molar refractivity (Wildman–Crippen MR) is 79.5 cm³/mol. The molecular formula is C13H9BrN2O2S. The van der Waals surface area contributed by atoms with Gasteiger partial charge in [0.05, 0.1) is 5.52 Å². The average molecular weight is 337 g/mol. The van der Waals surface area contributed by atoms with Crippen LogP contribution in [0.15, 0.2) is 59.9 Å². The normalized spacial score (nSPS) is 11.0. The van der Waals surface area contributed by atoms with Crippen LogP contribution in [0.5, 0.6) is 0 Å². The van der Waals surface area contributed by atoms with Crippen LogP contribution in [0.2, 0.25) is 0 Å². The summed E-state index contributed by atoms with van der Waals surface area (Å²) in [5, 5.41) is 0. The summed E-state index contributed by atoms with van der Waals surface area (Å²) < 4.78 is 5.97. The second-order valence-electron chi connectivity index (χ2n) is 3.96. The molecule has 0 aliphatic carbocycles. The number of nitrogen functional groups attached to an aromatic ring is 1. The van der Waals surface area contributed by atoms with Gasteiger partial charge in [-0.3, -0.25) is 4.98 Å². The first-order valence-electron chi connectivity index (χ1n) is 5.47. The third-order valence-electron chi connectivity index (χ3n) is 2.58. The summed E-state index contributed by atoms with van der Waals surface area (Å²) in [6.07, 6.45) is 0. The molecule has 19 heavy (non-hydrogen) atoms. The summed E-state index contributed by atoms with van der Waals surface area (Å²) in [5.41, 5.74) is 7.68. The molecule has 0 bridgehead atoms. The third-order valence-corrected chi connectivity index (χ3v) is 4.13. The van der Waals surface area contributed by atoms with Gasteiger partial charge in [0.25, 0.3) is 0 Å². The smallest absolute Gasteiger partial charge is 0.408 e. The zero-order valence-electron chi connectivity index (χ0n) is 9.64. The van der Waals surface area contributed by atoms with Crippen molar-refractivity contribution in [2.45, 2.75) is 9.79 Å². The average Bonchev–Trinajstić information content (AvgIpc) is 2.69. The summed E-state index contributed by atoms with van der Waals surface area (Å²) in [6.45, 7) is 0. The molecule has 1 heterocycles. The standard InChI is InChI=1S/C13H9BrN2O2S/c14-7-2-1-3-8(4-7)19-12-6-10-11(5-9(12)15)18-13(17)16-10/h1-6H,15H2,(H,16,17). The number of nitrogens with one attached hydrogen (secondary N) is 1. The molecule has 0 radical (unpaired) electrons. The molecule has 0 saturated heterocycles. The van der Waals surface area contributed by atoms with Crippen molar-refractivity contribution in [1.82, 2.24) is 4.98 Å². The van der Waals surface area contributed by atoms with E-state index < -0.39 is 5.76 Å². The van der Waals surface area contributed by atoms with Crippen molar-refractivity contribution in [3.05, 3.63) is 51.4 Å². The van der Waals surface area contributed by atoms with E-state index in [2.05, 4.69) is 20.9 Å². The molecule has 0 spiro atoms. The van der Waals surface area contributed by atoms with E-state index in [0.717, 1.165) is 14.3 Å². The van der Waals surface area contributed by atoms with Crippen LogP contribution < -0.4 is 11.5 Å². The van der Waals surface area contributed by atoms with Crippen LogP contribution in [0.25, 0.3) is 11.1 Å². The van der Waals surface area contributed by atoms with Gasteiger partial charge in [0.1, 0.15) is 0 Å². The van der Waals surface area contributed by atoms with Crippen LogP contribution >= 0.6 is 27.7 Å². The summed E-state index contributed by atoms with van der Waals surface area (Å²) in [6, 6.07) is 11.4. The van der Waals surface area contributed by atoms with Crippen LogP contribution in [0.4, 0.5) is 5.69 Å². The van der Waals surface area contributed by atoms with E-state index in [1.807, 2.05) is 30.3 Å². The molecule has 1 aromatic heterocycles. The van der Waals surface area contributed by atoms with Crippen LogP contribution in [0, 0.1) is 0 Å². The number of aromatic nitrogens is 1. The number of benzene rings is 2. The van der Waals surface area contributed by atoms with E-state index >= 15 is 0 Å². The highest BCUT2D eigenvalue weighted by Gasteiger charge is 2.08. The topological polar surface area (TPSA) is 72.0 Å². The molecule has 0 fully saturated rings. The van der Waals surface area contributed by atoms with Gasteiger partial charge in [-0.05, 0) is 24.3 Å². The maximum Gasteiger partial charge on any atom is 0.417 e. The minimum atomic E-state index is -0.473. The number of fused-ring (bicyclic) bond motifs is 1. The molecule has 2 aromatic carbocycles. The van der Waals surface area contributed by atoms with Crippen molar-refractivity contribution < 1.29 is 4.42 Å². The number of anilines is 1. The van der Waals surface area contributed by atoms with Gasteiger partial charge in [0.2, 0.25) is 0 Å². The molecule has 6 heteroatoms. The molecule has 3 aromatic rings. The molecule has 0 aliphatic rings. The number of hydrogen-bond donors (Lipinski definition) is 2. The monoisotopic (exact) mass is 336 g/mol. The molecule has 0 atom stereocenters. The Morgan fingerprint density at radius 1 is 1.26 bits per heavy atom. The Morgan fingerprint density at radius 3 is 2.89 bits per heavy atom. The summed E-state index contributed by atoms with van der Waals surface area (Å²) in [7, 11) is 0. The minimum Gasteiger partial charge on any atom is -0.408 e. The summed E-state index contributed by atoms with van der Waals surface area (Å²) >= 11 is 4.96. The Hall–Kier alpha value is -1.66. The van der Waals surface area contributed by atoms with Gasteiger partial charge in [-0.2, -0.15) is 0 Å². The maximum absolute atomic E-state index is 11.1. The van der Waals surface area contributed by atoms with Crippen molar-refractivity contribution >= 4 is 44.5 Å². The number of rotatable bonds is 2. The van der Waals surface area contributed by atoms with Crippen LogP contribution in [0.1, 0.15) is 0 Å². The Bertz CT molecular complexity index is 810. The molecule has 0 unspecified atom stereocenters. The van der Waals surface area contributed by atoms with E-state index in [1.54, 1.807) is 6.07 Å². The first-order valence-corrected chi connectivity index (χ1v) is 7.08. The molecule has 0 aliphatic heterocycles. The zero-order valence-corrected chi connectivity index (χ0v) is 12.0. The number of H-pyrrole nitrogens is 1. The molecule has 3 rings (SSSR count). The fourth-order valence-corrected chi connectivity index (χ4v) is 3.23. The number of halogens is 1. The molecule has 0 amide bonds. The lowest BCUT2D eigenvalue weighted by molar-refractivity contribution is 0.555. The number of oxazole rings is 1. The summed E-state index contributed by atoms with van der Waals surface area (Å²) in [4.78, 5) is 15.7. The molecule has 96 valence electrons. The van der Waals surface area contributed by atoms with E-state index in [1.165, 1.54) is 11.8 Å². The third kappa shape index (κ3) is 2.54. The van der Waals surface area contributed by atoms with Crippen molar-refractivity contribution in [2.75, 3.05) is 5.73 Å². The van der Waals surface area contributed by atoms with Gasteiger partial charge in [-0.1, -0.05) is 33.8 Å². The highest BCUT2D eigenvalue weighted by Crippen LogP contribution is 2.35. The molecule has 4 nitrogen and oxygen atoms in total. The van der Waals surface area contributed by atoms with Crippen molar-refractivity contribution in [3.63, 3.8) is 0 Å². The zero-order chi connectivity index (χ0) is 13.4. The van der Waals surface area contributed by atoms with Crippen molar-refractivity contribution in [1.29, 1.82) is 0 Å². The summed E-state index contributed by atoms with van der Waals surface area (Å²) in [5.74, 6) is -0.473. The number of aromatic amines is 1. The Kier molecular flexibility index (Phi) is 3.12. The lowest BCUT2D eigenvalue weighted by Crippen LogP contribution is -1.93. The van der Waals surface area contributed by atoms with Gasteiger partial charge in [-0.15, -0.1) is 0 Å². The lowest BCUT2D eigenvalue weighted by atomic mass is 10.3. The fourth-order valence-electron chi connectivity index (χ4n) is 1.74. The molecule has 0 saturated carbocycles. The first-order chi connectivity index (χ1) is 9.11. The first kappa shape index (κ1) is 12.4.